The van der Waals surface area contributed by atoms with Crippen molar-refractivity contribution in [3.8, 4) is 11.5 Å². The summed E-state index contributed by atoms with van der Waals surface area (Å²) in [6.45, 7) is 4.60. The summed E-state index contributed by atoms with van der Waals surface area (Å²) in [4.78, 5) is 12.1. The largest absolute Gasteiger partial charge is 0.493 e. The molecule has 4 heteroatoms. The van der Waals surface area contributed by atoms with Crippen molar-refractivity contribution >= 4 is 5.91 Å². The van der Waals surface area contributed by atoms with Crippen LogP contribution in [-0.2, 0) is 0 Å². The zero-order valence-electron chi connectivity index (χ0n) is 11.7. The average Bonchev–Trinajstić information content (AvgIpc) is 3.17. The second-order valence-electron chi connectivity index (χ2n) is 4.78. The van der Waals surface area contributed by atoms with Crippen molar-refractivity contribution in [2.75, 3.05) is 13.7 Å². The maximum Gasteiger partial charge on any atom is 0.251 e. The molecular weight excluding hydrogens is 242 g/mol. The second-order valence-corrected chi connectivity index (χ2v) is 4.78. The summed E-state index contributed by atoms with van der Waals surface area (Å²) in [5.74, 6) is 1.87. The van der Waals surface area contributed by atoms with Crippen molar-refractivity contribution in [2.45, 2.75) is 32.7 Å². The molecule has 0 aromatic heterocycles. The van der Waals surface area contributed by atoms with E-state index in [9.17, 15) is 4.79 Å². The summed E-state index contributed by atoms with van der Waals surface area (Å²) < 4.78 is 10.7. The molecule has 1 aliphatic carbocycles. The van der Waals surface area contributed by atoms with E-state index in [1.54, 1.807) is 25.3 Å². The Labute approximate surface area is 114 Å². The van der Waals surface area contributed by atoms with Crippen molar-refractivity contribution in [1.29, 1.82) is 0 Å². The van der Waals surface area contributed by atoms with Crippen LogP contribution in [0.1, 0.15) is 37.0 Å². The van der Waals surface area contributed by atoms with Gasteiger partial charge in [-0.25, -0.2) is 0 Å². The number of amides is 1. The van der Waals surface area contributed by atoms with Crippen LogP contribution in [0.3, 0.4) is 0 Å². The highest BCUT2D eigenvalue weighted by Crippen LogP contribution is 2.34. The third-order valence-corrected chi connectivity index (χ3v) is 3.49. The fourth-order valence-electron chi connectivity index (χ4n) is 2.21. The number of ether oxygens (including phenoxy) is 2. The van der Waals surface area contributed by atoms with Crippen LogP contribution in [0.5, 0.6) is 11.5 Å². The number of carbonyl (C=O) groups is 1. The number of rotatable bonds is 6. The molecule has 1 amide bonds. The molecule has 2 rings (SSSR count). The molecule has 1 fully saturated rings. The molecule has 0 spiro atoms. The third kappa shape index (κ3) is 3.19. The molecule has 1 aromatic carbocycles. The van der Waals surface area contributed by atoms with Crippen LogP contribution in [0.4, 0.5) is 0 Å². The Morgan fingerprint density at radius 3 is 2.74 bits per heavy atom. The summed E-state index contributed by atoms with van der Waals surface area (Å²) in [6.07, 6.45) is 2.22. The van der Waals surface area contributed by atoms with Crippen molar-refractivity contribution in [3.63, 3.8) is 0 Å². The highest BCUT2D eigenvalue weighted by atomic mass is 16.5. The zero-order valence-corrected chi connectivity index (χ0v) is 11.7. The van der Waals surface area contributed by atoms with Crippen molar-refractivity contribution < 1.29 is 14.3 Å². The molecule has 1 saturated carbocycles. The standard InChI is InChI=1S/C15H21NO3/c1-4-10-8-12(10)16-15(17)11-6-7-13(18-3)14(9-11)19-5-2/h6-7,9-10,12H,4-5,8H2,1-3H3,(H,16,17)/t10-,12+/m1/s1. The molecule has 1 aliphatic rings. The second kappa shape index (κ2) is 5.95. The molecule has 0 saturated heterocycles. The lowest BCUT2D eigenvalue weighted by atomic mass is 10.2. The molecular formula is C15H21NO3. The predicted molar refractivity (Wildman–Crippen MR) is 73.8 cm³/mol. The van der Waals surface area contributed by atoms with Crippen molar-refractivity contribution in [3.05, 3.63) is 23.8 Å². The molecule has 0 aliphatic heterocycles. The van der Waals surface area contributed by atoms with Gasteiger partial charge in [0.2, 0.25) is 0 Å². The topological polar surface area (TPSA) is 47.6 Å². The molecule has 0 radical (unpaired) electrons. The lowest BCUT2D eigenvalue weighted by Crippen LogP contribution is -2.26. The van der Waals surface area contributed by atoms with E-state index in [-0.39, 0.29) is 5.91 Å². The maximum absolute atomic E-state index is 12.1. The number of benzene rings is 1. The van der Waals surface area contributed by atoms with E-state index < -0.39 is 0 Å². The van der Waals surface area contributed by atoms with Crippen LogP contribution >= 0.6 is 0 Å². The van der Waals surface area contributed by atoms with Crippen LogP contribution in [0.2, 0.25) is 0 Å². The van der Waals surface area contributed by atoms with Crippen LogP contribution in [0.15, 0.2) is 18.2 Å². The summed E-state index contributed by atoms with van der Waals surface area (Å²) >= 11 is 0. The first-order chi connectivity index (χ1) is 9.19. The van der Waals surface area contributed by atoms with E-state index in [1.165, 1.54) is 0 Å². The molecule has 2 atom stereocenters. The Bertz CT molecular complexity index is 459. The van der Waals surface area contributed by atoms with E-state index in [0.717, 1.165) is 12.8 Å². The minimum absolute atomic E-state index is 0.0374. The van der Waals surface area contributed by atoms with Gasteiger partial charge in [0.1, 0.15) is 0 Å². The van der Waals surface area contributed by atoms with E-state index in [0.29, 0.717) is 35.6 Å². The molecule has 1 aromatic rings. The van der Waals surface area contributed by atoms with Gasteiger partial charge in [-0.1, -0.05) is 13.3 Å². The monoisotopic (exact) mass is 263 g/mol. The highest BCUT2D eigenvalue weighted by molar-refractivity contribution is 5.95. The zero-order chi connectivity index (χ0) is 13.8. The summed E-state index contributed by atoms with van der Waals surface area (Å²) in [5, 5.41) is 3.04. The summed E-state index contributed by atoms with van der Waals surface area (Å²) in [5.41, 5.74) is 0.617. The van der Waals surface area contributed by atoms with E-state index >= 15 is 0 Å². The molecule has 19 heavy (non-hydrogen) atoms. The van der Waals surface area contributed by atoms with Crippen molar-refractivity contribution in [1.82, 2.24) is 5.32 Å². The van der Waals surface area contributed by atoms with Gasteiger partial charge in [-0.2, -0.15) is 0 Å². The smallest absolute Gasteiger partial charge is 0.251 e. The minimum atomic E-state index is -0.0374. The first-order valence-corrected chi connectivity index (χ1v) is 6.81. The van der Waals surface area contributed by atoms with Gasteiger partial charge >= 0.3 is 0 Å². The van der Waals surface area contributed by atoms with Crippen LogP contribution in [0, 0.1) is 5.92 Å². The highest BCUT2D eigenvalue weighted by Gasteiger charge is 2.36. The average molecular weight is 263 g/mol. The van der Waals surface area contributed by atoms with Crippen LogP contribution < -0.4 is 14.8 Å². The molecule has 0 heterocycles. The quantitative estimate of drug-likeness (QED) is 0.858. The van der Waals surface area contributed by atoms with Gasteiger partial charge in [0, 0.05) is 11.6 Å². The molecule has 0 bridgehead atoms. The molecule has 104 valence electrons. The van der Waals surface area contributed by atoms with E-state index in [4.69, 9.17) is 9.47 Å². The fourth-order valence-corrected chi connectivity index (χ4v) is 2.21. The van der Waals surface area contributed by atoms with E-state index in [1.807, 2.05) is 6.92 Å². The summed E-state index contributed by atoms with van der Waals surface area (Å²) in [6, 6.07) is 5.61. The first-order valence-electron chi connectivity index (χ1n) is 6.81. The number of methoxy groups -OCH3 is 1. The predicted octanol–water partition coefficient (Wildman–Crippen LogP) is 2.62. The Morgan fingerprint density at radius 1 is 1.37 bits per heavy atom. The van der Waals surface area contributed by atoms with Gasteiger partial charge < -0.3 is 14.8 Å². The van der Waals surface area contributed by atoms with Crippen LogP contribution in [-0.4, -0.2) is 25.7 Å². The normalized spacial score (nSPS) is 20.8. The van der Waals surface area contributed by atoms with Gasteiger partial charge in [0.05, 0.1) is 13.7 Å². The maximum atomic E-state index is 12.1. The number of carbonyl (C=O) groups excluding carboxylic acids is 1. The third-order valence-electron chi connectivity index (χ3n) is 3.49. The van der Waals surface area contributed by atoms with Gasteiger partial charge in [0.25, 0.3) is 5.91 Å². The lowest BCUT2D eigenvalue weighted by molar-refractivity contribution is 0.0948. The van der Waals surface area contributed by atoms with Gasteiger partial charge in [-0.3, -0.25) is 4.79 Å². The number of hydrogen-bond acceptors (Lipinski definition) is 3. The van der Waals surface area contributed by atoms with Crippen molar-refractivity contribution in [2.24, 2.45) is 5.92 Å². The van der Waals surface area contributed by atoms with Crippen LogP contribution in [0.25, 0.3) is 0 Å². The van der Waals surface area contributed by atoms with Gasteiger partial charge in [-0.05, 0) is 37.5 Å². The molecule has 4 nitrogen and oxygen atoms in total. The van der Waals surface area contributed by atoms with Gasteiger partial charge in [-0.15, -0.1) is 0 Å². The van der Waals surface area contributed by atoms with Gasteiger partial charge in [0.15, 0.2) is 11.5 Å². The Hall–Kier alpha value is -1.71. The van der Waals surface area contributed by atoms with E-state index in [2.05, 4.69) is 12.2 Å². The fraction of sp³-hybridized carbons (Fsp3) is 0.533. The minimum Gasteiger partial charge on any atom is -0.493 e. The SMILES string of the molecule is CCOc1cc(C(=O)N[C@H]2C[C@H]2CC)ccc1OC. The summed E-state index contributed by atoms with van der Waals surface area (Å²) in [7, 11) is 1.59. The Kier molecular flexibility index (Phi) is 4.30. The first kappa shape index (κ1) is 13.7. The lowest BCUT2D eigenvalue weighted by Gasteiger charge is -2.11. The Morgan fingerprint density at radius 2 is 2.16 bits per heavy atom. The Balaban J connectivity index is 2.07. The number of hydrogen-bond donors (Lipinski definition) is 1. The number of nitrogens with one attached hydrogen (secondary N) is 1. The molecule has 1 N–H and O–H groups in total. The molecule has 0 unspecified atom stereocenters.